The van der Waals surface area contributed by atoms with Gasteiger partial charge >= 0.3 is 0 Å². The van der Waals surface area contributed by atoms with Crippen molar-refractivity contribution in [2.24, 2.45) is 5.92 Å². The summed E-state index contributed by atoms with van der Waals surface area (Å²) in [6, 6.07) is 17.5. The van der Waals surface area contributed by atoms with Crippen LogP contribution < -0.4 is 15.4 Å². The fraction of sp³-hybridized carbons (Fsp3) is 0.424. The van der Waals surface area contributed by atoms with E-state index < -0.39 is 0 Å². The second kappa shape index (κ2) is 15.6. The van der Waals surface area contributed by atoms with E-state index in [2.05, 4.69) is 31.1 Å². The minimum Gasteiger partial charge on any atom is -0.457 e. The summed E-state index contributed by atoms with van der Waals surface area (Å²) in [6.45, 7) is 14.1. The number of para-hydroxylation sites is 1. The Labute approximate surface area is 244 Å². The summed E-state index contributed by atoms with van der Waals surface area (Å²) < 4.78 is 7.94. The molecule has 1 aromatic heterocycles. The van der Waals surface area contributed by atoms with Gasteiger partial charge in [0.1, 0.15) is 28.6 Å². The molecule has 3 heterocycles. The SMILES string of the molecule is C=CC(=O)N1CCC(C2CCNc3c(C(=O)NC)c(-c4ccc(Oc5ccccc5)cc4)nn32)CC1.CC.CCC. The van der Waals surface area contributed by atoms with E-state index in [1.807, 2.05) is 78.0 Å². The predicted octanol–water partition coefficient (Wildman–Crippen LogP) is 6.93. The van der Waals surface area contributed by atoms with Crippen molar-refractivity contribution >= 4 is 17.6 Å². The smallest absolute Gasteiger partial charge is 0.257 e. The number of hydrogen-bond donors (Lipinski definition) is 2. The van der Waals surface area contributed by atoms with Crippen molar-refractivity contribution in [2.45, 2.75) is 59.4 Å². The lowest BCUT2D eigenvalue weighted by atomic mass is 9.87. The summed E-state index contributed by atoms with van der Waals surface area (Å²) in [6.07, 6.45) is 5.36. The number of anilines is 1. The standard InChI is InChI=1S/C28H31N5O3.C3H8.C2H6/c1-3-24(34)32-17-14-19(15-18-32)23-13-16-30-27-25(28(35)29-2)26(31-33(23)27)20-9-11-22(12-10-20)36-21-7-5-4-6-8-21;1-3-2;1-2/h3-12,19,23,30H,1,13-18H2,2H3,(H,29,35);3H2,1-2H3;1-2H3. The quantitative estimate of drug-likeness (QED) is 0.320. The van der Waals surface area contributed by atoms with E-state index in [0.29, 0.717) is 36.0 Å². The lowest BCUT2D eigenvalue weighted by Gasteiger charge is -2.38. The zero-order valence-electron chi connectivity index (χ0n) is 25.2. The predicted molar refractivity (Wildman–Crippen MR) is 167 cm³/mol. The highest BCUT2D eigenvalue weighted by atomic mass is 16.5. The molecule has 41 heavy (non-hydrogen) atoms. The van der Waals surface area contributed by atoms with Gasteiger partial charge in [-0.05, 0) is 67.7 Å². The summed E-state index contributed by atoms with van der Waals surface area (Å²) >= 11 is 0. The number of carbonyl (C=O) groups excluding carboxylic acids is 2. The minimum absolute atomic E-state index is 0.0116. The van der Waals surface area contributed by atoms with E-state index in [1.54, 1.807) is 7.05 Å². The Hall–Kier alpha value is -4.07. The number of nitrogens with zero attached hydrogens (tertiary/aromatic N) is 3. The number of carbonyl (C=O) groups is 2. The molecular weight excluding hydrogens is 514 g/mol. The summed E-state index contributed by atoms with van der Waals surface area (Å²) in [7, 11) is 1.64. The number of aromatic nitrogens is 2. The molecule has 2 amide bonds. The van der Waals surface area contributed by atoms with Gasteiger partial charge in [-0.3, -0.25) is 9.59 Å². The molecule has 2 aliphatic heterocycles. The maximum atomic E-state index is 13.0. The third-order valence-electron chi connectivity index (χ3n) is 7.09. The van der Waals surface area contributed by atoms with E-state index in [1.165, 1.54) is 12.5 Å². The van der Waals surface area contributed by atoms with Crippen LogP contribution in [0.25, 0.3) is 11.3 Å². The molecule has 0 radical (unpaired) electrons. The monoisotopic (exact) mass is 559 g/mol. The second-order valence-electron chi connectivity index (χ2n) is 9.89. The summed E-state index contributed by atoms with van der Waals surface area (Å²) in [5.74, 6) is 2.44. The molecule has 220 valence electrons. The number of ether oxygens (including phenoxy) is 1. The number of piperidine rings is 1. The van der Waals surface area contributed by atoms with Crippen LogP contribution in [-0.4, -0.2) is 53.2 Å². The van der Waals surface area contributed by atoms with Gasteiger partial charge in [0, 0.05) is 32.2 Å². The minimum atomic E-state index is -0.171. The van der Waals surface area contributed by atoms with Gasteiger partial charge in [0.15, 0.2) is 0 Å². The first-order chi connectivity index (χ1) is 20.0. The van der Waals surface area contributed by atoms with Crippen LogP contribution >= 0.6 is 0 Å². The Balaban J connectivity index is 0.000000868. The van der Waals surface area contributed by atoms with Crippen molar-refractivity contribution < 1.29 is 14.3 Å². The molecule has 2 aromatic carbocycles. The molecule has 1 fully saturated rings. The Morgan fingerprint density at radius 1 is 1.02 bits per heavy atom. The number of nitrogens with one attached hydrogen (secondary N) is 2. The molecule has 1 unspecified atom stereocenters. The summed E-state index contributed by atoms with van der Waals surface area (Å²) in [4.78, 5) is 26.9. The Morgan fingerprint density at radius 3 is 2.22 bits per heavy atom. The van der Waals surface area contributed by atoms with Crippen molar-refractivity contribution in [3.05, 3.63) is 72.8 Å². The van der Waals surface area contributed by atoms with Crippen molar-refractivity contribution in [2.75, 3.05) is 32.0 Å². The number of amides is 2. The van der Waals surface area contributed by atoms with Crippen LogP contribution in [0.5, 0.6) is 11.5 Å². The van der Waals surface area contributed by atoms with Gasteiger partial charge in [0.2, 0.25) is 5.91 Å². The van der Waals surface area contributed by atoms with Gasteiger partial charge in [0.05, 0.1) is 6.04 Å². The molecule has 3 aromatic rings. The van der Waals surface area contributed by atoms with Crippen LogP contribution in [0.15, 0.2) is 67.3 Å². The van der Waals surface area contributed by atoms with E-state index in [0.717, 1.165) is 42.9 Å². The molecule has 1 atom stereocenters. The summed E-state index contributed by atoms with van der Waals surface area (Å²) in [5, 5.41) is 11.2. The third kappa shape index (κ3) is 7.57. The average molecular weight is 560 g/mol. The van der Waals surface area contributed by atoms with Gasteiger partial charge in [0.25, 0.3) is 5.91 Å². The highest BCUT2D eigenvalue weighted by Gasteiger charge is 2.36. The van der Waals surface area contributed by atoms with Crippen LogP contribution in [0.2, 0.25) is 0 Å². The highest BCUT2D eigenvalue weighted by molar-refractivity contribution is 6.04. The van der Waals surface area contributed by atoms with Crippen molar-refractivity contribution in [1.82, 2.24) is 20.0 Å². The average Bonchev–Trinajstić information content (AvgIpc) is 3.42. The van der Waals surface area contributed by atoms with E-state index >= 15 is 0 Å². The highest BCUT2D eigenvalue weighted by Crippen LogP contribution is 2.40. The maximum absolute atomic E-state index is 13.0. The zero-order chi connectivity index (χ0) is 29.8. The maximum Gasteiger partial charge on any atom is 0.257 e. The lowest BCUT2D eigenvalue weighted by molar-refractivity contribution is -0.127. The number of likely N-dealkylation sites (tertiary alicyclic amines) is 1. The molecule has 2 aliphatic rings. The lowest BCUT2D eigenvalue weighted by Crippen LogP contribution is -2.41. The fourth-order valence-electron chi connectivity index (χ4n) is 5.22. The largest absolute Gasteiger partial charge is 0.457 e. The normalized spacial score (nSPS) is 16.0. The molecule has 0 bridgehead atoms. The number of fused-ring (bicyclic) bond motifs is 1. The third-order valence-corrected chi connectivity index (χ3v) is 7.09. The topological polar surface area (TPSA) is 88.5 Å². The van der Waals surface area contributed by atoms with Crippen LogP contribution in [0, 0.1) is 5.92 Å². The Morgan fingerprint density at radius 2 is 1.63 bits per heavy atom. The number of rotatable bonds is 6. The van der Waals surface area contributed by atoms with Crippen molar-refractivity contribution in [3.8, 4) is 22.8 Å². The molecule has 1 saturated heterocycles. The molecule has 8 nitrogen and oxygen atoms in total. The van der Waals surface area contributed by atoms with Crippen molar-refractivity contribution in [3.63, 3.8) is 0 Å². The van der Waals surface area contributed by atoms with E-state index in [4.69, 9.17) is 9.84 Å². The van der Waals surface area contributed by atoms with Crippen molar-refractivity contribution in [1.29, 1.82) is 0 Å². The van der Waals surface area contributed by atoms with Gasteiger partial charge in [-0.1, -0.05) is 58.9 Å². The molecule has 0 spiro atoms. The number of benzene rings is 2. The van der Waals surface area contributed by atoms with Crippen LogP contribution in [0.3, 0.4) is 0 Å². The second-order valence-corrected chi connectivity index (χ2v) is 9.89. The molecule has 2 N–H and O–H groups in total. The first-order valence-electron chi connectivity index (χ1n) is 14.8. The van der Waals surface area contributed by atoms with Crippen LogP contribution in [0.4, 0.5) is 5.82 Å². The van der Waals surface area contributed by atoms with Crippen LogP contribution in [-0.2, 0) is 4.79 Å². The first-order valence-corrected chi connectivity index (χ1v) is 14.8. The fourth-order valence-corrected chi connectivity index (χ4v) is 5.22. The van der Waals surface area contributed by atoms with E-state index in [-0.39, 0.29) is 17.9 Å². The van der Waals surface area contributed by atoms with Gasteiger partial charge in [-0.15, -0.1) is 0 Å². The Kier molecular flexibility index (Phi) is 12.0. The van der Waals surface area contributed by atoms with Gasteiger partial charge in [-0.25, -0.2) is 4.68 Å². The molecule has 0 aliphatic carbocycles. The van der Waals surface area contributed by atoms with Gasteiger partial charge < -0.3 is 20.3 Å². The first kappa shape index (κ1) is 31.5. The molecule has 5 rings (SSSR count). The molecule has 0 saturated carbocycles. The number of hydrogen-bond acceptors (Lipinski definition) is 5. The van der Waals surface area contributed by atoms with Gasteiger partial charge in [-0.2, -0.15) is 5.10 Å². The summed E-state index contributed by atoms with van der Waals surface area (Å²) in [5.41, 5.74) is 2.05. The Bertz CT molecular complexity index is 1260. The zero-order valence-corrected chi connectivity index (χ0v) is 25.2. The molecular formula is C33H45N5O3. The molecule has 8 heteroatoms. The van der Waals surface area contributed by atoms with Crippen LogP contribution in [0.1, 0.15) is 69.8 Å². The van der Waals surface area contributed by atoms with E-state index in [9.17, 15) is 9.59 Å².